The molecule has 12 heavy (non-hydrogen) atoms. The largest absolute Gasteiger partial charge is 0.383 e. The predicted molar refractivity (Wildman–Crippen MR) is 54.8 cm³/mol. The number of hydrogen-bond acceptors (Lipinski definition) is 1. The SMILES string of the molecule is CC[C@H](C)Nc1cccc(Cl)c1. The number of rotatable bonds is 3. The normalized spacial score (nSPS) is 12.6. The fraction of sp³-hybridized carbons (Fsp3) is 0.400. The van der Waals surface area contributed by atoms with Gasteiger partial charge < -0.3 is 5.32 Å². The zero-order valence-corrected chi connectivity index (χ0v) is 8.23. The summed E-state index contributed by atoms with van der Waals surface area (Å²) in [5.41, 5.74) is 1.09. The first kappa shape index (κ1) is 9.40. The van der Waals surface area contributed by atoms with Crippen molar-refractivity contribution >= 4 is 17.3 Å². The van der Waals surface area contributed by atoms with Gasteiger partial charge in [-0.3, -0.25) is 0 Å². The second kappa shape index (κ2) is 4.36. The summed E-state index contributed by atoms with van der Waals surface area (Å²) in [5, 5.41) is 4.13. The molecule has 0 aliphatic heterocycles. The Labute approximate surface area is 78.7 Å². The maximum absolute atomic E-state index is 5.83. The van der Waals surface area contributed by atoms with E-state index >= 15 is 0 Å². The maximum atomic E-state index is 5.83. The molecule has 0 aromatic heterocycles. The molecule has 0 bridgehead atoms. The molecule has 0 amide bonds. The molecule has 1 nitrogen and oxygen atoms in total. The van der Waals surface area contributed by atoms with E-state index < -0.39 is 0 Å². The van der Waals surface area contributed by atoms with Crippen LogP contribution >= 0.6 is 11.6 Å². The lowest BCUT2D eigenvalue weighted by Crippen LogP contribution is -2.12. The fourth-order valence-electron chi connectivity index (χ4n) is 0.965. The zero-order valence-electron chi connectivity index (χ0n) is 7.47. The van der Waals surface area contributed by atoms with Gasteiger partial charge in [-0.05, 0) is 31.5 Å². The van der Waals surface area contributed by atoms with Gasteiger partial charge in [-0.1, -0.05) is 24.6 Å². The molecule has 1 rings (SSSR count). The van der Waals surface area contributed by atoms with Crippen LogP contribution in [0.2, 0.25) is 5.02 Å². The molecule has 0 radical (unpaired) electrons. The number of halogens is 1. The van der Waals surface area contributed by atoms with Crippen molar-refractivity contribution in [3.05, 3.63) is 29.3 Å². The third kappa shape index (κ3) is 2.74. The van der Waals surface area contributed by atoms with E-state index in [0.29, 0.717) is 6.04 Å². The van der Waals surface area contributed by atoms with Crippen LogP contribution in [0.3, 0.4) is 0 Å². The van der Waals surface area contributed by atoms with Crippen LogP contribution in [-0.2, 0) is 0 Å². The molecule has 0 aliphatic carbocycles. The highest BCUT2D eigenvalue weighted by Gasteiger charge is 1.97. The van der Waals surface area contributed by atoms with Crippen molar-refractivity contribution < 1.29 is 0 Å². The number of anilines is 1. The first-order valence-corrected chi connectivity index (χ1v) is 4.62. The minimum absolute atomic E-state index is 0.503. The highest BCUT2D eigenvalue weighted by atomic mass is 35.5. The van der Waals surface area contributed by atoms with E-state index in [1.165, 1.54) is 0 Å². The topological polar surface area (TPSA) is 12.0 Å². The Kier molecular flexibility index (Phi) is 3.42. The second-order valence-corrected chi connectivity index (χ2v) is 3.40. The van der Waals surface area contributed by atoms with Gasteiger partial charge in [-0.25, -0.2) is 0 Å². The van der Waals surface area contributed by atoms with E-state index in [4.69, 9.17) is 11.6 Å². The van der Waals surface area contributed by atoms with Gasteiger partial charge in [0.05, 0.1) is 0 Å². The third-order valence-electron chi connectivity index (χ3n) is 1.85. The van der Waals surface area contributed by atoms with E-state index in [0.717, 1.165) is 17.1 Å². The van der Waals surface area contributed by atoms with Gasteiger partial charge in [0.2, 0.25) is 0 Å². The fourth-order valence-corrected chi connectivity index (χ4v) is 1.16. The van der Waals surface area contributed by atoms with Gasteiger partial charge in [0.15, 0.2) is 0 Å². The Morgan fingerprint density at radius 2 is 2.25 bits per heavy atom. The van der Waals surface area contributed by atoms with Gasteiger partial charge in [0.25, 0.3) is 0 Å². The maximum Gasteiger partial charge on any atom is 0.0426 e. The van der Waals surface area contributed by atoms with Crippen molar-refractivity contribution in [2.45, 2.75) is 26.3 Å². The summed E-state index contributed by atoms with van der Waals surface area (Å²) in [6, 6.07) is 8.30. The summed E-state index contributed by atoms with van der Waals surface area (Å²) in [6.45, 7) is 4.31. The van der Waals surface area contributed by atoms with Crippen LogP contribution in [0.15, 0.2) is 24.3 Å². The average molecular weight is 184 g/mol. The van der Waals surface area contributed by atoms with E-state index in [1.54, 1.807) is 0 Å². The molecular formula is C10H14ClN. The van der Waals surface area contributed by atoms with Crippen LogP contribution in [0.1, 0.15) is 20.3 Å². The van der Waals surface area contributed by atoms with Gasteiger partial charge in [-0.15, -0.1) is 0 Å². The lowest BCUT2D eigenvalue weighted by molar-refractivity contribution is 0.764. The van der Waals surface area contributed by atoms with Gasteiger partial charge in [0, 0.05) is 16.8 Å². The molecule has 0 heterocycles. The Morgan fingerprint density at radius 1 is 1.50 bits per heavy atom. The minimum atomic E-state index is 0.503. The molecule has 2 heteroatoms. The highest BCUT2D eigenvalue weighted by Crippen LogP contribution is 2.15. The molecule has 0 saturated heterocycles. The van der Waals surface area contributed by atoms with E-state index in [-0.39, 0.29) is 0 Å². The standard InChI is InChI=1S/C10H14ClN/c1-3-8(2)12-10-6-4-5-9(11)7-10/h4-8,12H,3H2,1-2H3/t8-/m0/s1. The van der Waals surface area contributed by atoms with Crippen molar-refractivity contribution in [2.75, 3.05) is 5.32 Å². The Balaban J connectivity index is 2.63. The monoisotopic (exact) mass is 183 g/mol. The van der Waals surface area contributed by atoms with Gasteiger partial charge in [0.1, 0.15) is 0 Å². The Morgan fingerprint density at radius 3 is 2.83 bits per heavy atom. The van der Waals surface area contributed by atoms with Crippen LogP contribution in [-0.4, -0.2) is 6.04 Å². The van der Waals surface area contributed by atoms with Crippen molar-refractivity contribution in [1.29, 1.82) is 0 Å². The van der Waals surface area contributed by atoms with Crippen LogP contribution in [0, 0.1) is 0 Å². The summed E-state index contributed by atoms with van der Waals surface area (Å²) in [6.07, 6.45) is 1.12. The summed E-state index contributed by atoms with van der Waals surface area (Å²) >= 11 is 5.83. The summed E-state index contributed by atoms with van der Waals surface area (Å²) in [5.74, 6) is 0. The number of hydrogen-bond donors (Lipinski definition) is 1. The molecule has 0 unspecified atom stereocenters. The molecule has 1 atom stereocenters. The first-order chi connectivity index (χ1) is 5.72. The smallest absolute Gasteiger partial charge is 0.0426 e. The molecule has 0 saturated carbocycles. The average Bonchev–Trinajstić information content (AvgIpc) is 2.04. The summed E-state index contributed by atoms with van der Waals surface area (Å²) in [4.78, 5) is 0. The lowest BCUT2D eigenvalue weighted by Gasteiger charge is -2.12. The molecule has 1 aromatic rings. The third-order valence-corrected chi connectivity index (χ3v) is 2.09. The number of nitrogens with one attached hydrogen (secondary N) is 1. The predicted octanol–water partition coefficient (Wildman–Crippen LogP) is 3.55. The van der Waals surface area contributed by atoms with E-state index in [9.17, 15) is 0 Å². The minimum Gasteiger partial charge on any atom is -0.383 e. The second-order valence-electron chi connectivity index (χ2n) is 2.96. The van der Waals surface area contributed by atoms with Crippen molar-refractivity contribution in [3.8, 4) is 0 Å². The molecular weight excluding hydrogens is 170 g/mol. The van der Waals surface area contributed by atoms with E-state index in [2.05, 4.69) is 19.2 Å². The van der Waals surface area contributed by atoms with Crippen LogP contribution < -0.4 is 5.32 Å². The van der Waals surface area contributed by atoms with Crippen molar-refractivity contribution in [3.63, 3.8) is 0 Å². The lowest BCUT2D eigenvalue weighted by atomic mass is 10.2. The van der Waals surface area contributed by atoms with Gasteiger partial charge in [-0.2, -0.15) is 0 Å². The first-order valence-electron chi connectivity index (χ1n) is 4.24. The molecule has 0 aliphatic rings. The highest BCUT2D eigenvalue weighted by molar-refractivity contribution is 6.30. The van der Waals surface area contributed by atoms with Crippen LogP contribution in [0.5, 0.6) is 0 Å². The molecule has 66 valence electrons. The molecule has 1 N–H and O–H groups in total. The van der Waals surface area contributed by atoms with Crippen molar-refractivity contribution in [2.24, 2.45) is 0 Å². The van der Waals surface area contributed by atoms with Gasteiger partial charge >= 0.3 is 0 Å². The van der Waals surface area contributed by atoms with Crippen molar-refractivity contribution in [1.82, 2.24) is 0 Å². The molecule has 0 spiro atoms. The summed E-state index contributed by atoms with van der Waals surface area (Å²) < 4.78 is 0. The quantitative estimate of drug-likeness (QED) is 0.756. The van der Waals surface area contributed by atoms with Crippen LogP contribution in [0.4, 0.5) is 5.69 Å². The zero-order chi connectivity index (χ0) is 8.97. The Bertz CT molecular complexity index is 247. The van der Waals surface area contributed by atoms with Crippen LogP contribution in [0.25, 0.3) is 0 Å². The number of benzene rings is 1. The molecule has 0 fully saturated rings. The van der Waals surface area contributed by atoms with E-state index in [1.807, 2.05) is 24.3 Å². The summed E-state index contributed by atoms with van der Waals surface area (Å²) in [7, 11) is 0. The Hall–Kier alpha value is -0.690. The molecule has 1 aromatic carbocycles.